The monoisotopic (exact) mass is 277 g/mol. The first-order chi connectivity index (χ1) is 9.20. The maximum Gasteiger partial charge on any atom is 0.125 e. The minimum atomic E-state index is 0.482. The molecular weight excluding hydrogens is 258 g/mol. The Labute approximate surface area is 119 Å². The van der Waals surface area contributed by atoms with Crippen LogP contribution in [0.3, 0.4) is 0 Å². The summed E-state index contributed by atoms with van der Waals surface area (Å²) >= 11 is 6.09. The van der Waals surface area contributed by atoms with E-state index in [0.29, 0.717) is 18.0 Å². The number of nitrogens with zero attached hydrogens (tertiary/aromatic N) is 3. The molecule has 0 aliphatic carbocycles. The van der Waals surface area contributed by atoms with E-state index in [4.69, 9.17) is 11.6 Å². The maximum atomic E-state index is 6.09. The number of para-hydroxylation sites is 2. The standard InChI is InChI=1S/C15H20ClN3/c1-11-9-12(7-8-18(11)2)19-14-6-4-3-5-13(14)17-15(19)10-16/h3-6,11-12H,7-10H2,1-2H3. The molecule has 2 unspecified atom stereocenters. The minimum Gasteiger partial charge on any atom is -0.324 e. The summed E-state index contributed by atoms with van der Waals surface area (Å²) in [5, 5.41) is 0. The number of halogens is 1. The first-order valence-electron chi connectivity index (χ1n) is 6.92. The van der Waals surface area contributed by atoms with Crippen LogP contribution in [0.4, 0.5) is 0 Å². The maximum absolute atomic E-state index is 6.09. The van der Waals surface area contributed by atoms with Gasteiger partial charge in [-0.25, -0.2) is 4.98 Å². The lowest BCUT2D eigenvalue weighted by Crippen LogP contribution is -2.38. The van der Waals surface area contributed by atoms with E-state index in [1.165, 1.54) is 18.4 Å². The van der Waals surface area contributed by atoms with Gasteiger partial charge in [-0.3, -0.25) is 0 Å². The van der Waals surface area contributed by atoms with Crippen molar-refractivity contribution in [2.45, 2.75) is 37.7 Å². The molecule has 1 aliphatic heterocycles. The molecule has 2 atom stereocenters. The molecule has 0 radical (unpaired) electrons. The fourth-order valence-corrected chi connectivity index (χ4v) is 3.28. The molecule has 0 N–H and O–H groups in total. The summed E-state index contributed by atoms with van der Waals surface area (Å²) in [7, 11) is 2.20. The fraction of sp³-hybridized carbons (Fsp3) is 0.533. The number of hydrogen-bond acceptors (Lipinski definition) is 2. The molecule has 1 aromatic heterocycles. The van der Waals surface area contributed by atoms with Crippen LogP contribution < -0.4 is 0 Å². The van der Waals surface area contributed by atoms with Gasteiger partial charge in [0.1, 0.15) is 5.82 Å². The Balaban J connectivity index is 2.03. The SMILES string of the molecule is CC1CC(n2c(CCl)nc3ccccc32)CCN1C. The quantitative estimate of drug-likeness (QED) is 0.784. The van der Waals surface area contributed by atoms with Crippen molar-refractivity contribution in [3.8, 4) is 0 Å². The zero-order chi connectivity index (χ0) is 13.4. The number of benzene rings is 1. The number of imidazole rings is 1. The van der Waals surface area contributed by atoms with Crippen molar-refractivity contribution in [2.75, 3.05) is 13.6 Å². The van der Waals surface area contributed by atoms with Gasteiger partial charge in [0.15, 0.2) is 0 Å². The van der Waals surface area contributed by atoms with E-state index < -0.39 is 0 Å². The van der Waals surface area contributed by atoms with Crippen LogP contribution >= 0.6 is 11.6 Å². The smallest absolute Gasteiger partial charge is 0.125 e. The largest absolute Gasteiger partial charge is 0.324 e. The van der Waals surface area contributed by atoms with Crippen LogP contribution in [0, 0.1) is 0 Å². The molecule has 1 aromatic carbocycles. The van der Waals surface area contributed by atoms with Crippen LogP contribution in [0.15, 0.2) is 24.3 Å². The van der Waals surface area contributed by atoms with Crippen molar-refractivity contribution < 1.29 is 0 Å². The number of aromatic nitrogens is 2. The Morgan fingerprint density at radius 1 is 1.37 bits per heavy atom. The van der Waals surface area contributed by atoms with Gasteiger partial charge in [0.2, 0.25) is 0 Å². The van der Waals surface area contributed by atoms with Crippen molar-refractivity contribution >= 4 is 22.6 Å². The Hall–Kier alpha value is -1.06. The molecule has 1 fully saturated rings. The first-order valence-corrected chi connectivity index (χ1v) is 7.46. The Morgan fingerprint density at radius 3 is 2.89 bits per heavy atom. The summed E-state index contributed by atoms with van der Waals surface area (Å²) in [6.07, 6.45) is 2.34. The number of rotatable bonds is 2. The van der Waals surface area contributed by atoms with E-state index in [2.05, 4.69) is 46.6 Å². The molecule has 2 heterocycles. The third-order valence-corrected chi connectivity index (χ3v) is 4.57. The molecule has 0 bridgehead atoms. The van der Waals surface area contributed by atoms with Gasteiger partial charge in [0.05, 0.1) is 16.9 Å². The lowest BCUT2D eigenvalue weighted by molar-refractivity contribution is 0.157. The zero-order valence-corrected chi connectivity index (χ0v) is 12.3. The predicted molar refractivity (Wildman–Crippen MR) is 79.7 cm³/mol. The van der Waals surface area contributed by atoms with Gasteiger partial charge in [-0.1, -0.05) is 12.1 Å². The van der Waals surface area contributed by atoms with Crippen LogP contribution in [-0.2, 0) is 5.88 Å². The van der Waals surface area contributed by atoms with Crippen molar-refractivity contribution in [3.05, 3.63) is 30.1 Å². The number of piperidine rings is 1. The molecule has 3 rings (SSSR count). The van der Waals surface area contributed by atoms with Crippen molar-refractivity contribution in [1.82, 2.24) is 14.5 Å². The van der Waals surface area contributed by atoms with E-state index in [1.807, 2.05) is 6.07 Å². The van der Waals surface area contributed by atoms with Crippen LogP contribution in [-0.4, -0.2) is 34.1 Å². The van der Waals surface area contributed by atoms with Crippen LogP contribution in [0.25, 0.3) is 11.0 Å². The van der Waals surface area contributed by atoms with Gasteiger partial charge >= 0.3 is 0 Å². The fourth-order valence-electron chi connectivity index (χ4n) is 3.10. The number of hydrogen-bond donors (Lipinski definition) is 0. The Bertz CT molecular complexity index is 578. The lowest BCUT2D eigenvalue weighted by Gasteiger charge is -2.36. The van der Waals surface area contributed by atoms with E-state index in [1.54, 1.807) is 0 Å². The van der Waals surface area contributed by atoms with Crippen LogP contribution in [0.5, 0.6) is 0 Å². The molecule has 0 spiro atoms. The van der Waals surface area contributed by atoms with Crippen LogP contribution in [0.1, 0.15) is 31.6 Å². The highest BCUT2D eigenvalue weighted by molar-refractivity contribution is 6.16. The van der Waals surface area contributed by atoms with Crippen molar-refractivity contribution in [3.63, 3.8) is 0 Å². The summed E-state index contributed by atoms with van der Waals surface area (Å²) in [6.45, 7) is 3.44. The highest BCUT2D eigenvalue weighted by Crippen LogP contribution is 2.31. The summed E-state index contributed by atoms with van der Waals surface area (Å²) < 4.78 is 2.37. The molecular formula is C15H20ClN3. The Morgan fingerprint density at radius 2 is 2.16 bits per heavy atom. The van der Waals surface area contributed by atoms with Gasteiger partial charge in [0.25, 0.3) is 0 Å². The third-order valence-electron chi connectivity index (χ3n) is 4.33. The number of alkyl halides is 1. The average molecular weight is 278 g/mol. The van der Waals surface area contributed by atoms with E-state index >= 15 is 0 Å². The molecule has 19 heavy (non-hydrogen) atoms. The highest BCUT2D eigenvalue weighted by atomic mass is 35.5. The predicted octanol–water partition coefficient (Wildman–Crippen LogP) is 3.43. The summed E-state index contributed by atoms with van der Waals surface area (Å²) in [4.78, 5) is 7.09. The van der Waals surface area contributed by atoms with Gasteiger partial charge < -0.3 is 9.47 Å². The molecule has 0 amide bonds. The molecule has 3 nitrogen and oxygen atoms in total. The molecule has 0 saturated carbocycles. The lowest BCUT2D eigenvalue weighted by atomic mass is 9.98. The average Bonchev–Trinajstić information content (AvgIpc) is 2.80. The second kappa shape index (κ2) is 5.14. The highest BCUT2D eigenvalue weighted by Gasteiger charge is 2.26. The minimum absolute atomic E-state index is 0.482. The second-order valence-corrected chi connectivity index (χ2v) is 5.80. The second-order valence-electron chi connectivity index (χ2n) is 5.53. The molecule has 102 valence electrons. The van der Waals surface area contributed by atoms with Crippen molar-refractivity contribution in [2.24, 2.45) is 0 Å². The van der Waals surface area contributed by atoms with Gasteiger partial charge in [0, 0.05) is 18.6 Å². The third kappa shape index (κ3) is 2.26. The first kappa shape index (κ1) is 12.9. The van der Waals surface area contributed by atoms with E-state index in [-0.39, 0.29) is 0 Å². The van der Waals surface area contributed by atoms with Crippen LogP contribution in [0.2, 0.25) is 0 Å². The summed E-state index contributed by atoms with van der Waals surface area (Å²) in [5.74, 6) is 1.49. The van der Waals surface area contributed by atoms with Gasteiger partial charge in [-0.2, -0.15) is 0 Å². The van der Waals surface area contributed by atoms with Crippen molar-refractivity contribution in [1.29, 1.82) is 0 Å². The van der Waals surface area contributed by atoms with E-state index in [0.717, 1.165) is 17.9 Å². The number of fused-ring (bicyclic) bond motifs is 1. The normalized spacial score (nSPS) is 25.0. The van der Waals surface area contributed by atoms with E-state index in [9.17, 15) is 0 Å². The summed E-state index contributed by atoms with van der Waals surface area (Å²) in [5.41, 5.74) is 2.28. The molecule has 1 saturated heterocycles. The van der Waals surface area contributed by atoms with Gasteiger partial charge in [-0.05, 0) is 38.9 Å². The molecule has 1 aliphatic rings. The zero-order valence-electron chi connectivity index (χ0n) is 11.5. The number of likely N-dealkylation sites (tertiary alicyclic amines) is 1. The molecule has 2 aromatic rings. The Kier molecular flexibility index (Phi) is 3.50. The molecule has 4 heteroatoms. The topological polar surface area (TPSA) is 21.1 Å². The summed E-state index contributed by atoms with van der Waals surface area (Å²) in [6, 6.07) is 9.48. The van der Waals surface area contributed by atoms with Gasteiger partial charge in [-0.15, -0.1) is 11.6 Å².